The molecule has 188 valence electrons. The number of rotatable bonds is 6. The van der Waals surface area contributed by atoms with Crippen LogP contribution >= 0.6 is 46.4 Å². The molecule has 1 aliphatic heterocycles. The molecule has 4 rings (SSSR count). The van der Waals surface area contributed by atoms with Crippen molar-refractivity contribution in [3.05, 3.63) is 111 Å². The highest BCUT2D eigenvalue weighted by Gasteiger charge is 2.46. The molecule has 15 heteroatoms. The first-order chi connectivity index (χ1) is 17.4. The van der Waals surface area contributed by atoms with Gasteiger partial charge in [-0.05, 0) is 11.6 Å². The third-order valence-electron chi connectivity index (χ3n) is 5.34. The van der Waals surface area contributed by atoms with Gasteiger partial charge in [0.25, 0.3) is 29.1 Å². The van der Waals surface area contributed by atoms with Crippen LogP contribution in [0.5, 0.6) is 0 Å². The lowest BCUT2D eigenvalue weighted by atomic mass is 10.1. The summed E-state index contributed by atoms with van der Waals surface area (Å²) in [5, 5.41) is 22.1. The second kappa shape index (κ2) is 9.94. The minimum atomic E-state index is -1.05. The Kier molecular flexibility index (Phi) is 7.07. The smallest absolute Gasteiger partial charge is 0.267 e. The summed E-state index contributed by atoms with van der Waals surface area (Å²) in [5.41, 5.74) is -1.34. The van der Waals surface area contributed by atoms with Gasteiger partial charge >= 0.3 is 0 Å². The van der Waals surface area contributed by atoms with Gasteiger partial charge in [-0.15, -0.1) is 0 Å². The van der Waals surface area contributed by atoms with Crippen molar-refractivity contribution in [2.45, 2.75) is 6.54 Å². The van der Waals surface area contributed by atoms with Crippen LogP contribution in [-0.4, -0.2) is 37.6 Å². The third-order valence-corrected chi connectivity index (χ3v) is 7.14. The van der Waals surface area contributed by atoms with Crippen LogP contribution in [0.2, 0.25) is 20.1 Å². The van der Waals surface area contributed by atoms with E-state index in [1.165, 1.54) is 36.4 Å². The van der Waals surface area contributed by atoms with Crippen LogP contribution in [0.25, 0.3) is 0 Å². The predicted octanol–water partition coefficient (Wildman–Crippen LogP) is 5.97. The van der Waals surface area contributed by atoms with E-state index >= 15 is 0 Å². The molecule has 0 N–H and O–H groups in total. The number of benzene rings is 3. The molecule has 0 saturated heterocycles. The van der Waals surface area contributed by atoms with Crippen LogP contribution in [-0.2, 0) is 6.54 Å². The van der Waals surface area contributed by atoms with Crippen molar-refractivity contribution in [1.29, 1.82) is 0 Å². The number of nitro groups is 2. The second-order valence-corrected chi connectivity index (χ2v) is 9.03. The monoisotopic (exact) mass is 582 g/mol. The van der Waals surface area contributed by atoms with Crippen LogP contribution in [0.15, 0.2) is 48.5 Å². The lowest BCUT2D eigenvalue weighted by Gasteiger charge is -2.30. The van der Waals surface area contributed by atoms with Gasteiger partial charge in [0.2, 0.25) is 0 Å². The van der Waals surface area contributed by atoms with Crippen LogP contribution in [0, 0.1) is 20.2 Å². The van der Waals surface area contributed by atoms with E-state index < -0.39 is 39.8 Å². The van der Waals surface area contributed by atoms with Crippen LogP contribution in [0.1, 0.15) is 36.6 Å². The summed E-state index contributed by atoms with van der Waals surface area (Å²) in [7, 11) is 0. The maximum atomic E-state index is 13.6. The van der Waals surface area contributed by atoms with E-state index in [1.807, 2.05) is 0 Å². The van der Waals surface area contributed by atoms with E-state index in [9.17, 15) is 34.6 Å². The van der Waals surface area contributed by atoms with Crippen molar-refractivity contribution < 1.29 is 24.2 Å². The van der Waals surface area contributed by atoms with E-state index in [0.717, 1.165) is 17.1 Å². The number of nitrogens with zero attached hydrogens (tertiary/aromatic N) is 4. The van der Waals surface area contributed by atoms with E-state index in [2.05, 4.69) is 0 Å². The molecule has 0 fully saturated rings. The lowest BCUT2D eigenvalue weighted by molar-refractivity contribution is -0.385. The van der Waals surface area contributed by atoms with Crippen molar-refractivity contribution >= 4 is 75.5 Å². The second-order valence-electron chi connectivity index (χ2n) is 7.52. The van der Waals surface area contributed by atoms with Gasteiger partial charge in [-0.2, -0.15) is 5.01 Å². The van der Waals surface area contributed by atoms with Gasteiger partial charge in [0.1, 0.15) is 0 Å². The molecule has 3 amide bonds. The van der Waals surface area contributed by atoms with Gasteiger partial charge in [0, 0.05) is 29.8 Å². The topological polar surface area (TPSA) is 144 Å². The van der Waals surface area contributed by atoms with Gasteiger partial charge in [-0.25, -0.2) is 5.01 Å². The maximum absolute atomic E-state index is 13.6. The quantitative estimate of drug-likeness (QED) is 0.114. The Labute approximate surface area is 226 Å². The van der Waals surface area contributed by atoms with Crippen LogP contribution < -0.4 is 0 Å². The minimum Gasteiger partial charge on any atom is -0.267 e. The zero-order valence-corrected chi connectivity index (χ0v) is 21.0. The number of halogens is 4. The Morgan fingerprint density at radius 2 is 1.30 bits per heavy atom. The number of amides is 3. The third kappa shape index (κ3) is 4.58. The average molecular weight is 584 g/mol. The van der Waals surface area contributed by atoms with E-state index in [-0.39, 0.29) is 48.0 Å². The molecule has 0 atom stereocenters. The first-order valence-electron chi connectivity index (χ1n) is 9.98. The summed E-state index contributed by atoms with van der Waals surface area (Å²) in [6.45, 7) is -0.443. The minimum absolute atomic E-state index is 0.221. The molecule has 1 heterocycles. The normalized spacial score (nSPS) is 12.5. The summed E-state index contributed by atoms with van der Waals surface area (Å²) in [5.74, 6) is -3.07. The predicted molar refractivity (Wildman–Crippen MR) is 133 cm³/mol. The molecule has 0 bridgehead atoms. The molecule has 0 saturated carbocycles. The molecule has 3 aromatic carbocycles. The van der Waals surface area contributed by atoms with Crippen molar-refractivity contribution in [1.82, 2.24) is 10.0 Å². The summed E-state index contributed by atoms with van der Waals surface area (Å²) < 4.78 is 0. The Balaban J connectivity index is 1.84. The number of non-ortho nitro benzene ring substituents is 2. The van der Waals surface area contributed by atoms with Crippen molar-refractivity contribution in [2.75, 3.05) is 0 Å². The number of hydrogen-bond acceptors (Lipinski definition) is 7. The van der Waals surface area contributed by atoms with Crippen molar-refractivity contribution in [2.24, 2.45) is 0 Å². The maximum Gasteiger partial charge on any atom is 0.282 e. The molecular weight excluding hydrogens is 574 g/mol. The molecular formula is C22H10Cl4N4O7. The molecule has 0 aromatic heterocycles. The summed E-state index contributed by atoms with van der Waals surface area (Å²) >= 11 is 24.5. The fourth-order valence-electron chi connectivity index (χ4n) is 3.59. The zero-order valence-electron chi connectivity index (χ0n) is 18.0. The molecule has 0 radical (unpaired) electrons. The number of imide groups is 1. The summed E-state index contributed by atoms with van der Waals surface area (Å²) in [6.07, 6.45) is 0. The fraction of sp³-hybridized carbons (Fsp3) is 0.0455. The molecule has 11 nitrogen and oxygen atoms in total. The first-order valence-corrected chi connectivity index (χ1v) is 11.5. The molecule has 3 aromatic rings. The highest BCUT2D eigenvalue weighted by atomic mass is 35.5. The van der Waals surface area contributed by atoms with Crippen LogP contribution in [0.4, 0.5) is 11.4 Å². The van der Waals surface area contributed by atoms with Gasteiger partial charge < -0.3 is 0 Å². The summed E-state index contributed by atoms with van der Waals surface area (Å²) in [4.78, 5) is 61.2. The van der Waals surface area contributed by atoms with E-state index in [0.29, 0.717) is 5.01 Å². The summed E-state index contributed by atoms with van der Waals surface area (Å²) in [6, 6.07) is 9.60. The van der Waals surface area contributed by atoms with Crippen LogP contribution in [0.3, 0.4) is 0 Å². The van der Waals surface area contributed by atoms with Gasteiger partial charge in [0.15, 0.2) is 0 Å². The van der Waals surface area contributed by atoms with E-state index in [1.54, 1.807) is 0 Å². The SMILES string of the molecule is O=C(c1cccc([N+](=O)[O-])c1)N(Cc1ccc([N+](=O)[O-])cc1)N1C(=O)c2c(Cl)c(Cl)c(Cl)c(Cl)c2C1=O. The molecule has 0 unspecified atom stereocenters. The number of carbonyl (C=O) groups is 3. The average Bonchev–Trinajstić information content (AvgIpc) is 3.14. The zero-order chi connectivity index (χ0) is 27.2. The molecule has 1 aliphatic rings. The number of carbonyl (C=O) groups excluding carboxylic acids is 3. The molecule has 0 aliphatic carbocycles. The number of hydrogen-bond donors (Lipinski definition) is 0. The molecule has 0 spiro atoms. The number of nitro benzene ring substituents is 2. The number of hydrazine groups is 1. The standard InChI is InChI=1S/C22H10Cl4N4O7/c23-16-14-15(17(24)19(26)18(16)25)22(33)28(21(14)32)27(9-10-4-6-12(7-5-10)29(34)35)20(31)11-2-1-3-13(8-11)30(36)37/h1-8H,9H2. The number of fused-ring (bicyclic) bond motifs is 1. The van der Waals surface area contributed by atoms with Crippen molar-refractivity contribution in [3.63, 3.8) is 0 Å². The lowest BCUT2D eigenvalue weighted by Crippen LogP contribution is -2.49. The van der Waals surface area contributed by atoms with Gasteiger partial charge in [0.05, 0.1) is 47.6 Å². The fourth-order valence-corrected chi connectivity index (χ4v) is 4.60. The van der Waals surface area contributed by atoms with Crippen molar-refractivity contribution in [3.8, 4) is 0 Å². The largest absolute Gasteiger partial charge is 0.282 e. The Bertz CT molecular complexity index is 1480. The Morgan fingerprint density at radius 1 is 0.784 bits per heavy atom. The highest BCUT2D eigenvalue weighted by molar-refractivity contribution is 6.55. The van der Waals surface area contributed by atoms with Gasteiger partial charge in [-0.3, -0.25) is 34.6 Å². The Morgan fingerprint density at radius 3 is 1.78 bits per heavy atom. The van der Waals surface area contributed by atoms with E-state index in [4.69, 9.17) is 46.4 Å². The van der Waals surface area contributed by atoms with Gasteiger partial charge in [-0.1, -0.05) is 64.6 Å². The Hall–Kier alpha value is -3.77. The molecule has 37 heavy (non-hydrogen) atoms. The first kappa shape index (κ1) is 26.3. The highest BCUT2D eigenvalue weighted by Crippen LogP contribution is 2.45.